The Hall–Kier alpha value is -0.0100. The molecule has 0 aromatic rings. The fourth-order valence-corrected chi connectivity index (χ4v) is 2.12. The van der Waals surface area contributed by atoms with Gasteiger partial charge >= 0.3 is 0 Å². The zero-order valence-corrected chi connectivity index (χ0v) is 7.62. The predicted molar refractivity (Wildman–Crippen MR) is 50.2 cm³/mol. The van der Waals surface area contributed by atoms with Crippen LogP contribution in [0.2, 0.25) is 0 Å². The number of allylic oxidation sites excluding steroid dienone is 2. The van der Waals surface area contributed by atoms with Crippen LogP contribution >= 0.6 is 12.4 Å². The Morgan fingerprint density at radius 1 is 1.00 bits per heavy atom. The maximum absolute atomic E-state index is 3.41. The van der Waals surface area contributed by atoms with Gasteiger partial charge in [-0.15, -0.1) is 12.4 Å². The molecule has 2 rings (SSSR count). The van der Waals surface area contributed by atoms with E-state index in [1.54, 1.807) is 0 Å². The summed E-state index contributed by atoms with van der Waals surface area (Å²) in [5, 5.41) is 3.41. The normalized spacial score (nSPS) is 26.9. The van der Waals surface area contributed by atoms with Crippen molar-refractivity contribution in [2.45, 2.75) is 25.7 Å². The standard InChI is InChI=1S/C9H15N.ClH/c1-2-4-9(3-1)5-7-10-8-6-9;/h1-2,10H,3-8H2;1H. The molecule has 0 aromatic carbocycles. The number of halogens is 1. The molecule has 64 valence electrons. The fourth-order valence-electron chi connectivity index (χ4n) is 2.12. The monoisotopic (exact) mass is 173 g/mol. The van der Waals surface area contributed by atoms with Crippen LogP contribution in [0.15, 0.2) is 12.2 Å². The molecule has 0 unspecified atom stereocenters. The van der Waals surface area contributed by atoms with E-state index in [0.29, 0.717) is 5.41 Å². The number of hydrogen-bond donors (Lipinski definition) is 1. The van der Waals surface area contributed by atoms with Crippen LogP contribution in [-0.2, 0) is 0 Å². The topological polar surface area (TPSA) is 12.0 Å². The van der Waals surface area contributed by atoms with Gasteiger partial charge in [-0.2, -0.15) is 0 Å². The number of nitrogens with one attached hydrogen (secondary N) is 1. The van der Waals surface area contributed by atoms with Crippen molar-refractivity contribution in [3.8, 4) is 0 Å². The Morgan fingerprint density at radius 2 is 1.55 bits per heavy atom. The molecule has 2 aliphatic rings. The smallest absolute Gasteiger partial charge is 0.00434 e. The van der Waals surface area contributed by atoms with Crippen LogP contribution in [0.5, 0.6) is 0 Å². The van der Waals surface area contributed by atoms with Gasteiger partial charge in [0.2, 0.25) is 0 Å². The van der Waals surface area contributed by atoms with E-state index in [2.05, 4.69) is 17.5 Å². The first-order valence-corrected chi connectivity index (χ1v) is 4.27. The minimum Gasteiger partial charge on any atom is -0.317 e. The molecule has 1 nitrogen and oxygen atoms in total. The summed E-state index contributed by atoms with van der Waals surface area (Å²) in [5.41, 5.74) is 0.700. The summed E-state index contributed by atoms with van der Waals surface area (Å²) in [6, 6.07) is 0. The average Bonchev–Trinajstić information content (AvgIpc) is 2.39. The molecular formula is C9H16ClN. The molecule has 0 aromatic heterocycles. The van der Waals surface area contributed by atoms with E-state index in [0.717, 1.165) is 0 Å². The summed E-state index contributed by atoms with van der Waals surface area (Å²) in [6.07, 6.45) is 10.2. The fraction of sp³-hybridized carbons (Fsp3) is 0.778. The summed E-state index contributed by atoms with van der Waals surface area (Å²) >= 11 is 0. The highest BCUT2D eigenvalue weighted by Crippen LogP contribution is 2.40. The van der Waals surface area contributed by atoms with Crippen molar-refractivity contribution in [3.05, 3.63) is 12.2 Å². The third-order valence-corrected chi connectivity index (χ3v) is 2.93. The summed E-state index contributed by atoms with van der Waals surface area (Å²) in [7, 11) is 0. The van der Waals surface area contributed by atoms with Gasteiger partial charge in [-0.25, -0.2) is 0 Å². The van der Waals surface area contributed by atoms with E-state index in [1.165, 1.54) is 38.8 Å². The molecule has 1 spiro atoms. The highest BCUT2D eigenvalue weighted by molar-refractivity contribution is 5.85. The first-order valence-electron chi connectivity index (χ1n) is 4.27. The highest BCUT2D eigenvalue weighted by atomic mass is 35.5. The number of rotatable bonds is 0. The predicted octanol–water partition coefficient (Wildman–Crippen LogP) is 2.13. The molecule has 2 heteroatoms. The molecule has 1 heterocycles. The van der Waals surface area contributed by atoms with Crippen molar-refractivity contribution >= 4 is 12.4 Å². The largest absolute Gasteiger partial charge is 0.317 e. The summed E-state index contributed by atoms with van der Waals surface area (Å²) in [4.78, 5) is 0. The second-order valence-electron chi connectivity index (χ2n) is 3.63. The van der Waals surface area contributed by atoms with Gasteiger partial charge in [0.05, 0.1) is 0 Å². The van der Waals surface area contributed by atoms with Crippen LogP contribution < -0.4 is 5.32 Å². The highest BCUT2D eigenvalue weighted by Gasteiger charge is 2.31. The van der Waals surface area contributed by atoms with Gasteiger partial charge in [0.25, 0.3) is 0 Å². The van der Waals surface area contributed by atoms with Gasteiger partial charge in [-0.3, -0.25) is 0 Å². The van der Waals surface area contributed by atoms with Gasteiger partial charge in [0.1, 0.15) is 0 Å². The second-order valence-corrected chi connectivity index (χ2v) is 3.63. The Morgan fingerprint density at radius 3 is 2.09 bits per heavy atom. The van der Waals surface area contributed by atoms with Crippen molar-refractivity contribution in [3.63, 3.8) is 0 Å². The summed E-state index contributed by atoms with van der Waals surface area (Å²) < 4.78 is 0. The quantitative estimate of drug-likeness (QED) is 0.554. The van der Waals surface area contributed by atoms with Crippen molar-refractivity contribution in [1.82, 2.24) is 5.32 Å². The molecule has 0 radical (unpaired) electrons. The van der Waals surface area contributed by atoms with Crippen LogP contribution in [0, 0.1) is 5.41 Å². The zero-order chi connectivity index (χ0) is 6.86. The Bertz CT molecular complexity index is 138. The molecule has 1 N–H and O–H groups in total. The minimum absolute atomic E-state index is 0. The van der Waals surface area contributed by atoms with Crippen molar-refractivity contribution in [2.24, 2.45) is 5.41 Å². The maximum Gasteiger partial charge on any atom is -0.00434 e. The summed E-state index contributed by atoms with van der Waals surface area (Å²) in [5.74, 6) is 0. The lowest BCUT2D eigenvalue weighted by Crippen LogP contribution is -2.34. The molecule has 0 bridgehead atoms. The Kier molecular flexibility index (Phi) is 2.97. The van der Waals surface area contributed by atoms with Gasteiger partial charge in [0, 0.05) is 0 Å². The molecule has 0 atom stereocenters. The van der Waals surface area contributed by atoms with Crippen LogP contribution in [0.3, 0.4) is 0 Å². The SMILES string of the molecule is C1=CCC2(C1)CCNCC2.Cl. The third-order valence-electron chi connectivity index (χ3n) is 2.93. The molecule has 0 saturated carbocycles. The first-order chi connectivity index (χ1) is 4.91. The Balaban J connectivity index is 0.000000605. The van der Waals surface area contributed by atoms with E-state index in [-0.39, 0.29) is 12.4 Å². The first kappa shape index (κ1) is 9.08. The number of hydrogen-bond acceptors (Lipinski definition) is 1. The van der Waals surface area contributed by atoms with Gasteiger partial charge in [-0.1, -0.05) is 12.2 Å². The van der Waals surface area contributed by atoms with Crippen LogP contribution in [-0.4, -0.2) is 13.1 Å². The molecule has 1 fully saturated rings. The average molecular weight is 174 g/mol. The van der Waals surface area contributed by atoms with Crippen LogP contribution in [0.1, 0.15) is 25.7 Å². The number of piperidine rings is 1. The minimum atomic E-state index is 0. The second kappa shape index (κ2) is 3.59. The van der Waals surface area contributed by atoms with Crippen LogP contribution in [0.4, 0.5) is 0 Å². The summed E-state index contributed by atoms with van der Waals surface area (Å²) in [6.45, 7) is 2.48. The van der Waals surface area contributed by atoms with Crippen LogP contribution in [0.25, 0.3) is 0 Å². The third kappa shape index (κ3) is 1.77. The van der Waals surface area contributed by atoms with E-state index < -0.39 is 0 Å². The zero-order valence-electron chi connectivity index (χ0n) is 6.81. The van der Waals surface area contributed by atoms with E-state index in [4.69, 9.17) is 0 Å². The molecule has 11 heavy (non-hydrogen) atoms. The van der Waals surface area contributed by atoms with E-state index >= 15 is 0 Å². The van der Waals surface area contributed by atoms with Gasteiger partial charge in [-0.05, 0) is 44.2 Å². The lowest BCUT2D eigenvalue weighted by molar-refractivity contribution is 0.220. The van der Waals surface area contributed by atoms with E-state index in [9.17, 15) is 0 Å². The molecule has 0 amide bonds. The van der Waals surface area contributed by atoms with Gasteiger partial charge in [0.15, 0.2) is 0 Å². The lowest BCUT2D eigenvalue weighted by atomic mass is 9.77. The molecular weight excluding hydrogens is 158 g/mol. The lowest BCUT2D eigenvalue weighted by Gasteiger charge is -2.33. The maximum atomic E-state index is 3.41. The van der Waals surface area contributed by atoms with Gasteiger partial charge < -0.3 is 5.32 Å². The van der Waals surface area contributed by atoms with Crippen molar-refractivity contribution in [2.75, 3.05) is 13.1 Å². The van der Waals surface area contributed by atoms with Crippen molar-refractivity contribution in [1.29, 1.82) is 0 Å². The Labute approximate surface area is 74.7 Å². The van der Waals surface area contributed by atoms with Crippen molar-refractivity contribution < 1.29 is 0 Å². The molecule has 1 aliphatic heterocycles. The van der Waals surface area contributed by atoms with E-state index in [1.807, 2.05) is 0 Å². The molecule has 1 saturated heterocycles. The molecule has 1 aliphatic carbocycles.